The van der Waals surface area contributed by atoms with E-state index in [4.69, 9.17) is 11.6 Å². The Hall–Kier alpha value is -2.36. The van der Waals surface area contributed by atoms with Crippen molar-refractivity contribution in [2.45, 2.75) is 51.4 Å². The maximum Gasteiger partial charge on any atom is 0.436 e. The summed E-state index contributed by atoms with van der Waals surface area (Å²) in [6.07, 6.45) is -3.52. The summed E-state index contributed by atoms with van der Waals surface area (Å²) in [5, 5.41) is 5.56. The second-order valence-corrected chi connectivity index (χ2v) is 7.10. The monoisotopic (exact) mass is 437 g/mol. The van der Waals surface area contributed by atoms with Crippen LogP contribution in [0.5, 0.6) is 5.75 Å². The Balaban J connectivity index is 1.73. The smallest absolute Gasteiger partial charge is 0.433 e. The lowest BCUT2D eigenvalue weighted by Crippen LogP contribution is -2.17. The van der Waals surface area contributed by atoms with Crippen molar-refractivity contribution in [3.05, 3.63) is 40.2 Å². The van der Waals surface area contributed by atoms with Gasteiger partial charge in [0.25, 0.3) is 0 Å². The lowest BCUT2D eigenvalue weighted by atomic mass is 10.2. The van der Waals surface area contributed by atoms with Crippen LogP contribution in [0.4, 0.5) is 27.6 Å². The summed E-state index contributed by atoms with van der Waals surface area (Å²) in [6.45, 7) is -1.50. The molecular weight excluding hydrogens is 421 g/mol. The third-order valence-corrected chi connectivity index (χ3v) is 4.71. The Morgan fingerprint density at radius 1 is 1.38 bits per heavy atom. The highest BCUT2D eigenvalue weighted by Crippen LogP contribution is 2.46. The molecule has 1 saturated carbocycles. The van der Waals surface area contributed by atoms with Crippen molar-refractivity contribution in [2.24, 2.45) is 0 Å². The van der Waals surface area contributed by atoms with Crippen molar-refractivity contribution in [2.75, 3.05) is 5.32 Å². The molecule has 1 heterocycles. The molecule has 0 spiro atoms. The molecule has 1 fully saturated rings. The van der Waals surface area contributed by atoms with E-state index in [2.05, 4.69) is 15.2 Å². The topological polar surface area (TPSA) is 56.1 Å². The van der Waals surface area contributed by atoms with Crippen LogP contribution in [0.3, 0.4) is 0 Å². The van der Waals surface area contributed by atoms with E-state index < -0.39 is 29.4 Å². The van der Waals surface area contributed by atoms with Gasteiger partial charge in [0, 0.05) is 12.3 Å². The van der Waals surface area contributed by atoms with Crippen molar-refractivity contribution in [1.82, 2.24) is 9.78 Å². The molecule has 3 rings (SSSR count). The number of alkyl halides is 5. The van der Waals surface area contributed by atoms with Crippen LogP contribution in [-0.4, -0.2) is 22.3 Å². The van der Waals surface area contributed by atoms with Gasteiger partial charge in [-0.3, -0.25) is 9.48 Å². The van der Waals surface area contributed by atoms with Crippen molar-refractivity contribution in [3.8, 4) is 5.75 Å². The highest BCUT2D eigenvalue weighted by molar-refractivity contribution is 6.32. The second kappa shape index (κ2) is 8.17. The van der Waals surface area contributed by atoms with Crippen molar-refractivity contribution in [3.63, 3.8) is 0 Å². The highest BCUT2D eigenvalue weighted by atomic mass is 35.5. The minimum atomic E-state index is -4.70. The summed E-state index contributed by atoms with van der Waals surface area (Å²) in [4.78, 5) is 12.3. The van der Waals surface area contributed by atoms with Crippen molar-refractivity contribution in [1.29, 1.82) is 0 Å². The number of rotatable bonds is 7. The predicted molar refractivity (Wildman–Crippen MR) is 95.3 cm³/mol. The lowest BCUT2D eigenvalue weighted by Gasteiger charge is -2.13. The second-order valence-electron chi connectivity index (χ2n) is 6.72. The molecule has 1 aliphatic rings. The fourth-order valence-electron chi connectivity index (χ4n) is 2.91. The van der Waals surface area contributed by atoms with E-state index in [1.54, 1.807) is 13.0 Å². The largest absolute Gasteiger partial charge is 0.436 e. The zero-order valence-electron chi connectivity index (χ0n) is 15.2. The van der Waals surface area contributed by atoms with Gasteiger partial charge in [0.05, 0.1) is 22.9 Å². The molecule has 1 aromatic heterocycles. The van der Waals surface area contributed by atoms with Gasteiger partial charge < -0.3 is 10.1 Å². The van der Waals surface area contributed by atoms with Gasteiger partial charge in [-0.1, -0.05) is 17.7 Å². The number of carbonyl (C=O) groups excluding carboxylic acids is 1. The number of amides is 1. The Bertz CT molecular complexity index is 910. The van der Waals surface area contributed by atoms with E-state index in [-0.39, 0.29) is 36.0 Å². The number of aromatic nitrogens is 2. The minimum absolute atomic E-state index is 0.0483. The molecule has 158 valence electrons. The standard InChI is InChI=1S/C18H17ClF5N3O2/c1-9-2-5-12(29-17(20)21)11(8-9)25-13(28)6-7-27-15(10-3-4-10)14(19)16(26-27)18(22,23)24/h2,5,8,10,17H,3-4,6-7H2,1H3,(H,25,28). The van der Waals surface area contributed by atoms with Gasteiger partial charge >= 0.3 is 12.8 Å². The van der Waals surface area contributed by atoms with E-state index in [1.165, 1.54) is 12.1 Å². The first-order valence-electron chi connectivity index (χ1n) is 8.75. The summed E-state index contributed by atoms with van der Waals surface area (Å²) < 4.78 is 69.8. The Morgan fingerprint density at radius 2 is 2.07 bits per heavy atom. The molecule has 1 N–H and O–H groups in total. The van der Waals surface area contributed by atoms with Gasteiger partial charge in [-0.2, -0.15) is 27.1 Å². The summed E-state index contributed by atoms with van der Waals surface area (Å²) in [5.41, 5.74) is -0.157. The molecule has 0 aliphatic heterocycles. The fourth-order valence-corrected chi connectivity index (χ4v) is 3.31. The van der Waals surface area contributed by atoms with Crippen LogP contribution in [0.2, 0.25) is 5.02 Å². The maximum atomic E-state index is 13.1. The first kappa shape index (κ1) is 21.4. The van der Waals surface area contributed by atoms with Crippen molar-refractivity contribution < 1.29 is 31.5 Å². The molecule has 0 atom stereocenters. The summed E-state index contributed by atoms with van der Waals surface area (Å²) in [7, 11) is 0. The molecule has 0 unspecified atom stereocenters. The Morgan fingerprint density at radius 3 is 2.66 bits per heavy atom. The molecule has 1 amide bonds. The van der Waals surface area contributed by atoms with Crippen molar-refractivity contribution >= 4 is 23.2 Å². The molecule has 2 aromatic rings. The fraction of sp³-hybridized carbons (Fsp3) is 0.444. The average molecular weight is 438 g/mol. The van der Waals surface area contributed by atoms with E-state index in [9.17, 15) is 26.7 Å². The quantitative estimate of drug-likeness (QED) is 0.592. The molecular formula is C18H17ClF5N3O2. The van der Waals surface area contributed by atoms with Gasteiger partial charge in [0.2, 0.25) is 5.91 Å². The number of halogens is 6. The lowest BCUT2D eigenvalue weighted by molar-refractivity contribution is -0.141. The third-order valence-electron chi connectivity index (χ3n) is 4.34. The molecule has 29 heavy (non-hydrogen) atoms. The number of carbonyl (C=O) groups is 1. The minimum Gasteiger partial charge on any atom is -0.433 e. The average Bonchev–Trinajstić information content (AvgIpc) is 3.37. The number of anilines is 1. The van der Waals surface area contributed by atoms with E-state index in [0.29, 0.717) is 18.4 Å². The Labute approximate surface area is 167 Å². The van der Waals surface area contributed by atoms with Crippen LogP contribution in [-0.2, 0) is 17.5 Å². The molecule has 0 saturated heterocycles. The van der Waals surface area contributed by atoms with E-state index in [0.717, 1.165) is 4.68 Å². The van der Waals surface area contributed by atoms with Gasteiger partial charge in [-0.25, -0.2) is 0 Å². The van der Waals surface area contributed by atoms with Crippen LogP contribution in [0.25, 0.3) is 0 Å². The number of nitrogens with one attached hydrogen (secondary N) is 1. The zero-order valence-corrected chi connectivity index (χ0v) is 15.9. The number of ether oxygens (including phenoxy) is 1. The number of benzene rings is 1. The highest BCUT2D eigenvalue weighted by Gasteiger charge is 2.42. The SMILES string of the molecule is Cc1ccc(OC(F)F)c(NC(=O)CCn2nc(C(F)(F)F)c(Cl)c2C2CC2)c1. The molecule has 0 bridgehead atoms. The van der Waals surface area contributed by atoms with E-state index >= 15 is 0 Å². The number of nitrogens with zero attached hydrogens (tertiary/aromatic N) is 2. The first-order chi connectivity index (χ1) is 13.6. The van der Waals surface area contributed by atoms with Gasteiger partial charge in [0.1, 0.15) is 5.75 Å². The Kier molecular flexibility index (Phi) is 6.02. The van der Waals surface area contributed by atoms with Gasteiger partial charge in [0.15, 0.2) is 5.69 Å². The maximum absolute atomic E-state index is 13.1. The zero-order chi connectivity index (χ0) is 21.3. The predicted octanol–water partition coefficient (Wildman–Crippen LogP) is 5.37. The normalized spacial score (nSPS) is 14.3. The molecule has 1 aliphatic carbocycles. The third kappa shape index (κ3) is 5.17. The first-order valence-corrected chi connectivity index (χ1v) is 9.12. The molecule has 11 heteroatoms. The summed E-state index contributed by atoms with van der Waals surface area (Å²) in [6, 6.07) is 4.29. The van der Waals surface area contributed by atoms with Crippen LogP contribution in [0, 0.1) is 6.92 Å². The van der Waals surface area contributed by atoms with Gasteiger partial charge in [-0.15, -0.1) is 0 Å². The molecule has 0 radical (unpaired) electrons. The number of hydrogen-bond donors (Lipinski definition) is 1. The van der Waals surface area contributed by atoms with Crippen LogP contribution >= 0.6 is 11.6 Å². The molecule has 1 aromatic carbocycles. The van der Waals surface area contributed by atoms with Crippen LogP contribution < -0.4 is 10.1 Å². The van der Waals surface area contributed by atoms with Gasteiger partial charge in [-0.05, 0) is 37.5 Å². The number of hydrogen-bond acceptors (Lipinski definition) is 3. The number of aryl methyl sites for hydroxylation is 2. The van der Waals surface area contributed by atoms with Crippen LogP contribution in [0.1, 0.15) is 42.1 Å². The molecule has 5 nitrogen and oxygen atoms in total. The summed E-state index contributed by atoms with van der Waals surface area (Å²) >= 11 is 5.89. The van der Waals surface area contributed by atoms with E-state index in [1.807, 2.05) is 0 Å². The summed E-state index contributed by atoms with van der Waals surface area (Å²) in [5.74, 6) is -0.910. The van der Waals surface area contributed by atoms with Crippen LogP contribution in [0.15, 0.2) is 18.2 Å².